The summed E-state index contributed by atoms with van der Waals surface area (Å²) in [5, 5.41) is 0. The third-order valence-electron chi connectivity index (χ3n) is 4.97. The molecule has 3 heterocycles. The van der Waals surface area contributed by atoms with Crippen molar-refractivity contribution in [2.45, 2.75) is 31.7 Å². The number of nitrogens with one attached hydrogen (secondary N) is 1. The molecular formula is C19H17N3O7. The number of benzene rings is 1. The highest BCUT2D eigenvalue weighted by atomic mass is 16.6. The number of amides is 2. The normalized spacial score (nSPS) is 23.3. The topological polar surface area (TPSA) is 128 Å². The Morgan fingerprint density at radius 1 is 1.14 bits per heavy atom. The van der Waals surface area contributed by atoms with Gasteiger partial charge in [-0.2, -0.15) is 0 Å². The number of ether oxygens (including phenoxy) is 2. The van der Waals surface area contributed by atoms with Crippen molar-refractivity contribution in [3.05, 3.63) is 68.5 Å². The summed E-state index contributed by atoms with van der Waals surface area (Å²) in [6.07, 6.45) is -0.304. The van der Waals surface area contributed by atoms with Crippen molar-refractivity contribution in [2.24, 2.45) is 0 Å². The van der Waals surface area contributed by atoms with Crippen molar-refractivity contribution in [3.8, 4) is 0 Å². The molecule has 2 amide bonds. The van der Waals surface area contributed by atoms with E-state index in [9.17, 15) is 24.0 Å². The first-order chi connectivity index (χ1) is 13.9. The second-order valence-corrected chi connectivity index (χ2v) is 6.78. The van der Waals surface area contributed by atoms with Crippen LogP contribution in [0.25, 0.3) is 0 Å². The van der Waals surface area contributed by atoms with Gasteiger partial charge in [-0.25, -0.2) is 4.79 Å². The molecule has 0 bridgehead atoms. The molecular weight excluding hydrogens is 382 g/mol. The molecule has 29 heavy (non-hydrogen) atoms. The second kappa shape index (κ2) is 7.13. The molecule has 0 spiro atoms. The van der Waals surface area contributed by atoms with E-state index in [1.807, 2.05) is 0 Å². The molecule has 1 saturated heterocycles. The summed E-state index contributed by atoms with van der Waals surface area (Å²) >= 11 is 0. The van der Waals surface area contributed by atoms with Crippen LogP contribution in [0.1, 0.15) is 40.3 Å². The van der Waals surface area contributed by atoms with Gasteiger partial charge in [-0.05, 0) is 12.1 Å². The number of carbonyl (C=O) groups excluding carboxylic acids is 3. The Morgan fingerprint density at radius 3 is 2.38 bits per heavy atom. The minimum atomic E-state index is -0.853. The molecule has 0 aliphatic carbocycles. The number of nitrogens with zero attached hydrogens (tertiary/aromatic N) is 2. The van der Waals surface area contributed by atoms with Crippen LogP contribution in [-0.4, -0.2) is 51.0 Å². The summed E-state index contributed by atoms with van der Waals surface area (Å²) in [6.45, 7) is 1.04. The lowest BCUT2D eigenvalue weighted by Crippen LogP contribution is -2.46. The Morgan fingerprint density at radius 2 is 1.79 bits per heavy atom. The summed E-state index contributed by atoms with van der Waals surface area (Å²) < 4.78 is 12.1. The highest BCUT2D eigenvalue weighted by Gasteiger charge is 2.48. The van der Waals surface area contributed by atoms with Crippen LogP contribution >= 0.6 is 0 Å². The molecule has 0 radical (unpaired) electrons. The first kappa shape index (κ1) is 18.8. The minimum Gasteiger partial charge on any atom is -0.463 e. The van der Waals surface area contributed by atoms with Gasteiger partial charge in [-0.15, -0.1) is 0 Å². The van der Waals surface area contributed by atoms with Crippen molar-refractivity contribution in [1.82, 2.24) is 14.5 Å². The number of carbonyl (C=O) groups is 3. The van der Waals surface area contributed by atoms with Gasteiger partial charge >= 0.3 is 11.7 Å². The lowest BCUT2D eigenvalue weighted by atomic mass is 10.1. The highest BCUT2D eigenvalue weighted by molar-refractivity contribution is 6.21. The van der Waals surface area contributed by atoms with Crippen LogP contribution in [0, 0.1) is 0 Å². The predicted octanol–water partition coefficient (Wildman–Crippen LogP) is 0.0520. The zero-order chi connectivity index (χ0) is 20.7. The van der Waals surface area contributed by atoms with E-state index >= 15 is 0 Å². The number of hydrogen-bond acceptors (Lipinski definition) is 7. The molecule has 2 aliphatic rings. The fourth-order valence-corrected chi connectivity index (χ4v) is 3.67. The van der Waals surface area contributed by atoms with Crippen LogP contribution in [-0.2, 0) is 14.3 Å². The fraction of sp³-hybridized carbons (Fsp3) is 0.316. The number of hydrogen-bond donors (Lipinski definition) is 1. The molecule has 2 aliphatic heterocycles. The zero-order valence-corrected chi connectivity index (χ0v) is 15.4. The van der Waals surface area contributed by atoms with Gasteiger partial charge in [-0.1, -0.05) is 12.1 Å². The third-order valence-corrected chi connectivity index (χ3v) is 4.97. The van der Waals surface area contributed by atoms with E-state index in [2.05, 4.69) is 4.98 Å². The molecule has 1 fully saturated rings. The number of fused-ring (bicyclic) bond motifs is 1. The predicted molar refractivity (Wildman–Crippen MR) is 97.2 cm³/mol. The van der Waals surface area contributed by atoms with E-state index in [-0.39, 0.29) is 24.2 Å². The number of imide groups is 1. The summed E-state index contributed by atoms with van der Waals surface area (Å²) in [5.41, 5.74) is -0.670. The Labute approximate surface area is 163 Å². The molecule has 1 aromatic heterocycles. The summed E-state index contributed by atoms with van der Waals surface area (Å²) in [4.78, 5) is 63.7. The quantitative estimate of drug-likeness (QED) is 0.568. The van der Waals surface area contributed by atoms with Gasteiger partial charge in [-0.3, -0.25) is 33.6 Å². The van der Waals surface area contributed by atoms with Crippen molar-refractivity contribution >= 4 is 17.8 Å². The Hall–Kier alpha value is -3.53. The van der Waals surface area contributed by atoms with Crippen LogP contribution in [0.15, 0.2) is 46.1 Å². The summed E-state index contributed by atoms with van der Waals surface area (Å²) in [6, 6.07) is 6.87. The van der Waals surface area contributed by atoms with Crippen molar-refractivity contribution in [3.63, 3.8) is 0 Å². The maximum atomic E-state index is 12.9. The van der Waals surface area contributed by atoms with Crippen molar-refractivity contribution in [2.75, 3.05) is 6.61 Å². The lowest BCUT2D eigenvalue weighted by Gasteiger charge is -2.25. The number of aromatic amines is 1. The van der Waals surface area contributed by atoms with Crippen molar-refractivity contribution in [1.29, 1.82) is 0 Å². The van der Waals surface area contributed by atoms with E-state index in [4.69, 9.17) is 9.47 Å². The lowest BCUT2D eigenvalue weighted by molar-refractivity contribution is -0.146. The first-order valence-corrected chi connectivity index (χ1v) is 8.94. The van der Waals surface area contributed by atoms with E-state index in [0.717, 1.165) is 4.90 Å². The monoisotopic (exact) mass is 399 g/mol. The Balaban J connectivity index is 1.67. The Kier molecular flexibility index (Phi) is 4.63. The van der Waals surface area contributed by atoms with E-state index in [1.165, 1.54) is 23.8 Å². The molecule has 1 N–H and O–H groups in total. The highest BCUT2D eigenvalue weighted by Crippen LogP contribution is 2.36. The molecule has 2 aromatic rings. The van der Waals surface area contributed by atoms with Crippen LogP contribution < -0.4 is 11.2 Å². The van der Waals surface area contributed by atoms with Crippen LogP contribution in [0.5, 0.6) is 0 Å². The van der Waals surface area contributed by atoms with Gasteiger partial charge in [0, 0.05) is 25.6 Å². The maximum Gasteiger partial charge on any atom is 0.330 e. The molecule has 1 aromatic carbocycles. The van der Waals surface area contributed by atoms with Gasteiger partial charge in [0.25, 0.3) is 17.4 Å². The van der Waals surface area contributed by atoms with Crippen LogP contribution in [0.4, 0.5) is 0 Å². The van der Waals surface area contributed by atoms with Crippen LogP contribution in [0.2, 0.25) is 0 Å². The van der Waals surface area contributed by atoms with Gasteiger partial charge in [0.05, 0.1) is 17.2 Å². The smallest absolute Gasteiger partial charge is 0.330 e. The molecule has 10 nitrogen and oxygen atoms in total. The third kappa shape index (κ3) is 3.27. The molecule has 10 heteroatoms. The molecule has 4 rings (SSSR count). The van der Waals surface area contributed by atoms with E-state index in [1.54, 1.807) is 24.3 Å². The van der Waals surface area contributed by atoms with Crippen LogP contribution in [0.3, 0.4) is 0 Å². The SMILES string of the molecule is CC(=O)OC[C@@H]1O[C@H](n2ccc(=O)[nH]c2=O)C[C@H]1N1C(=O)c2ccccc2C1=O. The average molecular weight is 399 g/mol. The molecule has 0 saturated carbocycles. The zero-order valence-electron chi connectivity index (χ0n) is 15.4. The average Bonchev–Trinajstić information content (AvgIpc) is 3.19. The van der Waals surface area contributed by atoms with Crippen molar-refractivity contribution < 1.29 is 23.9 Å². The van der Waals surface area contributed by atoms with Gasteiger partial charge in [0.2, 0.25) is 0 Å². The minimum absolute atomic E-state index is 0.101. The standard InChI is InChI=1S/C19H17N3O7/c1-10(23)28-9-14-13(8-16(29-14)21-7-6-15(24)20-19(21)27)22-17(25)11-4-2-3-5-12(11)18(22)26/h2-7,13-14,16H,8-9H2,1H3,(H,20,24,27)/t13-,14+,16+/m1/s1. The van der Waals surface area contributed by atoms with E-state index in [0.29, 0.717) is 0 Å². The van der Waals surface area contributed by atoms with Gasteiger partial charge < -0.3 is 9.47 Å². The maximum absolute atomic E-state index is 12.9. The second-order valence-electron chi connectivity index (χ2n) is 6.78. The molecule has 0 unspecified atom stereocenters. The number of H-pyrrole nitrogens is 1. The van der Waals surface area contributed by atoms with Gasteiger partial charge in [0.1, 0.15) is 18.9 Å². The number of esters is 1. The molecule has 3 atom stereocenters. The molecule has 150 valence electrons. The summed E-state index contributed by atoms with van der Waals surface area (Å²) in [5.74, 6) is -1.48. The number of rotatable bonds is 4. The summed E-state index contributed by atoms with van der Waals surface area (Å²) in [7, 11) is 0. The largest absolute Gasteiger partial charge is 0.463 e. The number of aromatic nitrogens is 2. The fourth-order valence-electron chi connectivity index (χ4n) is 3.67. The van der Waals surface area contributed by atoms with E-state index < -0.39 is 47.4 Å². The Bertz CT molecular complexity index is 1080. The first-order valence-electron chi connectivity index (χ1n) is 8.94. The van der Waals surface area contributed by atoms with Gasteiger partial charge in [0.15, 0.2) is 0 Å².